The van der Waals surface area contributed by atoms with Crippen LogP contribution in [0.1, 0.15) is 29.8 Å². The second kappa shape index (κ2) is 6.34. The molecule has 0 radical (unpaired) electrons. The Kier molecular flexibility index (Phi) is 4.53. The lowest BCUT2D eigenvalue weighted by Crippen LogP contribution is -2.19. The number of benzene rings is 1. The molecule has 0 unspecified atom stereocenters. The number of aromatic nitrogens is 1. The number of rotatable bonds is 5. The molecule has 3 heteroatoms. The summed E-state index contributed by atoms with van der Waals surface area (Å²) in [6.45, 7) is 4.97. The lowest BCUT2D eigenvalue weighted by atomic mass is 10.1. The Morgan fingerprint density at radius 1 is 1.26 bits per heavy atom. The van der Waals surface area contributed by atoms with Crippen molar-refractivity contribution in [1.29, 1.82) is 0 Å². The molecule has 1 N–H and O–H groups in total. The minimum absolute atomic E-state index is 0.214. The number of aryl methyl sites for hydroxylation is 1. The van der Waals surface area contributed by atoms with Gasteiger partial charge < -0.3 is 10.1 Å². The van der Waals surface area contributed by atoms with E-state index in [0.29, 0.717) is 0 Å². The van der Waals surface area contributed by atoms with Gasteiger partial charge in [-0.15, -0.1) is 0 Å². The summed E-state index contributed by atoms with van der Waals surface area (Å²) < 4.78 is 5.38. The van der Waals surface area contributed by atoms with Gasteiger partial charge in [-0.25, -0.2) is 0 Å². The van der Waals surface area contributed by atoms with Crippen molar-refractivity contribution < 1.29 is 4.74 Å². The molecule has 0 aliphatic heterocycles. The topological polar surface area (TPSA) is 34.1 Å². The van der Waals surface area contributed by atoms with E-state index in [9.17, 15) is 0 Å². The maximum Gasteiger partial charge on any atom is 0.123 e. The molecule has 0 aliphatic carbocycles. The van der Waals surface area contributed by atoms with E-state index >= 15 is 0 Å². The molecule has 3 nitrogen and oxygen atoms in total. The molecule has 0 saturated carbocycles. The van der Waals surface area contributed by atoms with Crippen LogP contribution in [0.2, 0.25) is 0 Å². The van der Waals surface area contributed by atoms with Crippen LogP contribution < -0.4 is 10.1 Å². The summed E-state index contributed by atoms with van der Waals surface area (Å²) in [4.78, 5) is 4.36. The maximum atomic E-state index is 5.38. The highest BCUT2D eigenvalue weighted by Gasteiger charge is 2.08. The summed E-state index contributed by atoms with van der Waals surface area (Å²) in [6, 6.07) is 12.4. The molecule has 0 saturated heterocycles. The van der Waals surface area contributed by atoms with Crippen LogP contribution in [0.3, 0.4) is 0 Å². The van der Waals surface area contributed by atoms with Gasteiger partial charge in [0, 0.05) is 24.3 Å². The molecule has 2 aromatic rings. The Morgan fingerprint density at radius 2 is 2.11 bits per heavy atom. The van der Waals surface area contributed by atoms with Gasteiger partial charge in [0.2, 0.25) is 0 Å². The van der Waals surface area contributed by atoms with Gasteiger partial charge in [-0.1, -0.05) is 23.8 Å². The predicted octanol–water partition coefficient (Wildman–Crippen LogP) is 3.25. The molecule has 1 aromatic heterocycles. The third kappa shape index (κ3) is 3.55. The average molecular weight is 256 g/mol. The number of methoxy groups -OCH3 is 1. The Labute approximate surface area is 114 Å². The minimum Gasteiger partial charge on any atom is -0.496 e. The van der Waals surface area contributed by atoms with Gasteiger partial charge in [0.25, 0.3) is 0 Å². The third-order valence-corrected chi connectivity index (χ3v) is 3.17. The standard InChI is InChI=1S/C16H20N2O/c1-12-7-8-16(19-3)14(10-12)11-18-13(2)15-6-4-5-9-17-15/h4-10,13,18H,11H2,1-3H3/t13-/m1/s1. The van der Waals surface area contributed by atoms with E-state index in [1.54, 1.807) is 7.11 Å². The van der Waals surface area contributed by atoms with Gasteiger partial charge >= 0.3 is 0 Å². The van der Waals surface area contributed by atoms with Crippen molar-refractivity contribution in [2.45, 2.75) is 26.4 Å². The first-order chi connectivity index (χ1) is 9.20. The van der Waals surface area contributed by atoms with Crippen LogP contribution in [0, 0.1) is 6.92 Å². The van der Waals surface area contributed by atoms with Crippen molar-refractivity contribution in [2.75, 3.05) is 7.11 Å². The summed E-state index contributed by atoms with van der Waals surface area (Å²) in [5, 5.41) is 3.47. The van der Waals surface area contributed by atoms with Crippen LogP contribution in [0.4, 0.5) is 0 Å². The first kappa shape index (κ1) is 13.6. The Balaban J connectivity index is 2.04. The fourth-order valence-corrected chi connectivity index (χ4v) is 2.05. The van der Waals surface area contributed by atoms with E-state index in [4.69, 9.17) is 4.74 Å². The van der Waals surface area contributed by atoms with Crippen molar-refractivity contribution in [1.82, 2.24) is 10.3 Å². The molecule has 0 amide bonds. The van der Waals surface area contributed by atoms with Crippen LogP contribution in [-0.2, 0) is 6.54 Å². The third-order valence-electron chi connectivity index (χ3n) is 3.17. The number of pyridine rings is 1. The SMILES string of the molecule is COc1ccc(C)cc1CN[C@H](C)c1ccccn1. The highest BCUT2D eigenvalue weighted by molar-refractivity contribution is 5.36. The van der Waals surface area contributed by atoms with Gasteiger partial charge in [0.05, 0.1) is 12.8 Å². The largest absolute Gasteiger partial charge is 0.496 e. The van der Waals surface area contributed by atoms with E-state index in [1.807, 2.05) is 30.5 Å². The fraction of sp³-hybridized carbons (Fsp3) is 0.312. The molecule has 1 aromatic carbocycles. The monoisotopic (exact) mass is 256 g/mol. The van der Waals surface area contributed by atoms with Crippen molar-refractivity contribution in [3.63, 3.8) is 0 Å². The minimum atomic E-state index is 0.214. The van der Waals surface area contributed by atoms with Crippen molar-refractivity contribution in [3.8, 4) is 5.75 Å². The summed E-state index contributed by atoms with van der Waals surface area (Å²) >= 11 is 0. The van der Waals surface area contributed by atoms with E-state index in [-0.39, 0.29) is 6.04 Å². The predicted molar refractivity (Wildman–Crippen MR) is 77.2 cm³/mol. The highest BCUT2D eigenvalue weighted by Crippen LogP contribution is 2.20. The Morgan fingerprint density at radius 3 is 2.79 bits per heavy atom. The molecule has 1 heterocycles. The summed E-state index contributed by atoms with van der Waals surface area (Å²) in [5.41, 5.74) is 3.46. The number of nitrogens with one attached hydrogen (secondary N) is 1. The van der Waals surface area contributed by atoms with Gasteiger partial charge in [0.15, 0.2) is 0 Å². The van der Waals surface area contributed by atoms with E-state index in [1.165, 1.54) is 11.1 Å². The second-order valence-corrected chi connectivity index (χ2v) is 4.67. The molecule has 100 valence electrons. The zero-order chi connectivity index (χ0) is 13.7. The van der Waals surface area contributed by atoms with Crippen LogP contribution in [0.15, 0.2) is 42.6 Å². The fourth-order valence-electron chi connectivity index (χ4n) is 2.05. The van der Waals surface area contributed by atoms with E-state index in [2.05, 4.69) is 36.3 Å². The van der Waals surface area contributed by atoms with Crippen LogP contribution in [0.25, 0.3) is 0 Å². The number of nitrogens with zero attached hydrogens (tertiary/aromatic N) is 1. The number of hydrogen-bond acceptors (Lipinski definition) is 3. The van der Waals surface area contributed by atoms with Crippen LogP contribution >= 0.6 is 0 Å². The van der Waals surface area contributed by atoms with Crippen molar-refractivity contribution >= 4 is 0 Å². The average Bonchev–Trinajstić information content (AvgIpc) is 2.46. The lowest BCUT2D eigenvalue weighted by Gasteiger charge is -2.15. The van der Waals surface area contributed by atoms with Gasteiger partial charge in [0.1, 0.15) is 5.75 Å². The number of hydrogen-bond donors (Lipinski definition) is 1. The van der Waals surface area contributed by atoms with E-state index < -0.39 is 0 Å². The molecule has 1 atom stereocenters. The van der Waals surface area contributed by atoms with Gasteiger partial charge in [-0.2, -0.15) is 0 Å². The smallest absolute Gasteiger partial charge is 0.123 e. The van der Waals surface area contributed by atoms with Crippen molar-refractivity contribution in [2.24, 2.45) is 0 Å². The van der Waals surface area contributed by atoms with Crippen molar-refractivity contribution in [3.05, 3.63) is 59.4 Å². The molecular weight excluding hydrogens is 236 g/mol. The zero-order valence-electron chi connectivity index (χ0n) is 11.7. The van der Waals surface area contributed by atoms with Gasteiger partial charge in [-0.3, -0.25) is 4.98 Å². The summed E-state index contributed by atoms with van der Waals surface area (Å²) in [6.07, 6.45) is 1.82. The normalized spacial score (nSPS) is 12.2. The Hall–Kier alpha value is -1.87. The second-order valence-electron chi connectivity index (χ2n) is 4.67. The molecule has 0 fully saturated rings. The quantitative estimate of drug-likeness (QED) is 0.891. The lowest BCUT2D eigenvalue weighted by molar-refractivity contribution is 0.405. The number of ether oxygens (including phenoxy) is 1. The zero-order valence-corrected chi connectivity index (χ0v) is 11.7. The first-order valence-electron chi connectivity index (χ1n) is 6.48. The van der Waals surface area contributed by atoms with Gasteiger partial charge in [-0.05, 0) is 32.0 Å². The summed E-state index contributed by atoms with van der Waals surface area (Å²) in [5.74, 6) is 0.923. The summed E-state index contributed by atoms with van der Waals surface area (Å²) in [7, 11) is 1.70. The van der Waals surface area contributed by atoms with Crippen LogP contribution in [-0.4, -0.2) is 12.1 Å². The highest BCUT2D eigenvalue weighted by atomic mass is 16.5. The molecular formula is C16H20N2O. The Bertz CT molecular complexity index is 526. The molecule has 2 rings (SSSR count). The maximum absolute atomic E-state index is 5.38. The first-order valence-corrected chi connectivity index (χ1v) is 6.48. The molecule has 0 bridgehead atoms. The van der Waals surface area contributed by atoms with Crippen LogP contribution in [0.5, 0.6) is 5.75 Å². The molecule has 0 aliphatic rings. The molecule has 0 spiro atoms. The van der Waals surface area contributed by atoms with E-state index in [0.717, 1.165) is 18.0 Å². The molecule has 19 heavy (non-hydrogen) atoms.